The van der Waals surface area contributed by atoms with Crippen LogP contribution in [0.15, 0.2) is 59.6 Å². The molecule has 22 heavy (non-hydrogen) atoms. The summed E-state index contributed by atoms with van der Waals surface area (Å²) in [5, 5.41) is 1.39. The maximum Gasteiger partial charge on any atom is 0.268 e. The van der Waals surface area contributed by atoms with Crippen molar-refractivity contribution in [2.75, 3.05) is 0 Å². The van der Waals surface area contributed by atoms with Crippen LogP contribution in [0.3, 0.4) is 0 Å². The van der Waals surface area contributed by atoms with Crippen LogP contribution in [0.25, 0.3) is 10.9 Å². The highest BCUT2D eigenvalue weighted by atomic mass is 35.5. The number of halogens is 1. The molecule has 0 saturated heterocycles. The third kappa shape index (κ3) is 2.53. The molecule has 5 heteroatoms. The zero-order valence-corrected chi connectivity index (χ0v) is 13.9. The highest BCUT2D eigenvalue weighted by Crippen LogP contribution is 2.25. The topological polar surface area (TPSA) is 39.1 Å². The van der Waals surface area contributed by atoms with Crippen molar-refractivity contribution < 1.29 is 8.42 Å². The Morgan fingerprint density at radius 3 is 2.32 bits per heavy atom. The second-order valence-corrected chi connectivity index (χ2v) is 7.79. The first-order chi connectivity index (χ1) is 10.4. The predicted octanol–water partition coefficient (Wildman–Crippen LogP) is 4.66. The van der Waals surface area contributed by atoms with Crippen molar-refractivity contribution >= 4 is 32.5 Å². The highest BCUT2D eigenvalue weighted by molar-refractivity contribution is 7.90. The lowest BCUT2D eigenvalue weighted by Crippen LogP contribution is -2.11. The van der Waals surface area contributed by atoms with Gasteiger partial charge in [-0.05, 0) is 47.9 Å². The number of hydrogen-bond donors (Lipinski definition) is 0. The minimum atomic E-state index is -3.60. The molecule has 0 radical (unpaired) electrons. The van der Waals surface area contributed by atoms with Crippen molar-refractivity contribution in [3.63, 3.8) is 0 Å². The van der Waals surface area contributed by atoms with E-state index < -0.39 is 10.0 Å². The van der Waals surface area contributed by atoms with E-state index >= 15 is 0 Å². The first-order valence-electron chi connectivity index (χ1n) is 7.02. The van der Waals surface area contributed by atoms with Gasteiger partial charge in [-0.1, -0.05) is 37.6 Å². The zero-order valence-electron chi connectivity index (χ0n) is 12.3. The Morgan fingerprint density at radius 1 is 1.00 bits per heavy atom. The number of hydrogen-bond acceptors (Lipinski definition) is 2. The van der Waals surface area contributed by atoms with Gasteiger partial charge in [-0.25, -0.2) is 12.4 Å². The minimum Gasteiger partial charge on any atom is -0.241 e. The van der Waals surface area contributed by atoms with Gasteiger partial charge in [-0.2, -0.15) is 0 Å². The number of aromatic nitrogens is 1. The molecule has 0 unspecified atom stereocenters. The summed E-state index contributed by atoms with van der Waals surface area (Å²) < 4.78 is 26.9. The molecule has 3 rings (SSSR count). The predicted molar refractivity (Wildman–Crippen MR) is 90.1 cm³/mol. The molecule has 2 aromatic carbocycles. The average molecular weight is 334 g/mol. The Hall–Kier alpha value is -1.78. The van der Waals surface area contributed by atoms with Gasteiger partial charge < -0.3 is 0 Å². The van der Waals surface area contributed by atoms with E-state index in [2.05, 4.69) is 13.8 Å². The zero-order chi connectivity index (χ0) is 15.9. The van der Waals surface area contributed by atoms with Crippen LogP contribution in [0.4, 0.5) is 0 Å². The lowest BCUT2D eigenvalue weighted by atomic mass is 10.0. The largest absolute Gasteiger partial charge is 0.268 e. The third-order valence-electron chi connectivity index (χ3n) is 3.72. The number of fused-ring (bicyclic) bond motifs is 1. The van der Waals surface area contributed by atoms with E-state index in [0.29, 0.717) is 16.5 Å². The third-order valence-corrected chi connectivity index (χ3v) is 5.66. The van der Waals surface area contributed by atoms with E-state index in [-0.39, 0.29) is 4.90 Å². The molecule has 0 saturated carbocycles. The molecule has 0 amide bonds. The van der Waals surface area contributed by atoms with E-state index in [0.717, 1.165) is 10.9 Å². The van der Waals surface area contributed by atoms with Gasteiger partial charge in [0, 0.05) is 16.6 Å². The van der Waals surface area contributed by atoms with Gasteiger partial charge in [0.15, 0.2) is 0 Å². The van der Waals surface area contributed by atoms with E-state index in [1.165, 1.54) is 3.97 Å². The smallest absolute Gasteiger partial charge is 0.241 e. The van der Waals surface area contributed by atoms with E-state index in [4.69, 9.17) is 11.6 Å². The van der Waals surface area contributed by atoms with Crippen molar-refractivity contribution in [3.05, 3.63) is 65.3 Å². The Kier molecular flexibility index (Phi) is 3.75. The fourth-order valence-corrected chi connectivity index (χ4v) is 3.97. The molecule has 114 valence electrons. The van der Waals surface area contributed by atoms with Crippen LogP contribution in [0.1, 0.15) is 25.3 Å². The van der Waals surface area contributed by atoms with E-state index in [9.17, 15) is 8.42 Å². The normalized spacial score (nSPS) is 12.2. The minimum absolute atomic E-state index is 0.282. The Labute approximate surface area is 135 Å². The summed E-state index contributed by atoms with van der Waals surface area (Å²) in [5.41, 5.74) is 1.74. The quantitative estimate of drug-likeness (QED) is 0.699. The average Bonchev–Trinajstić information content (AvgIpc) is 2.91. The number of nitrogens with zero attached hydrogens (tertiary/aromatic N) is 1. The Balaban J connectivity index is 2.11. The van der Waals surface area contributed by atoms with Crippen LogP contribution in [0.5, 0.6) is 0 Å². The van der Waals surface area contributed by atoms with Crippen molar-refractivity contribution in [2.24, 2.45) is 0 Å². The molecule has 0 fully saturated rings. The summed E-state index contributed by atoms with van der Waals surface area (Å²) in [7, 11) is -3.60. The van der Waals surface area contributed by atoms with Crippen LogP contribution < -0.4 is 0 Å². The lowest BCUT2D eigenvalue weighted by Gasteiger charge is -2.10. The second-order valence-electron chi connectivity index (χ2n) is 5.54. The summed E-state index contributed by atoms with van der Waals surface area (Å²) in [4.78, 5) is 0.282. The second kappa shape index (κ2) is 5.45. The van der Waals surface area contributed by atoms with Crippen LogP contribution in [0, 0.1) is 0 Å². The first-order valence-corrected chi connectivity index (χ1v) is 8.83. The molecule has 0 bridgehead atoms. The van der Waals surface area contributed by atoms with Gasteiger partial charge in [-0.3, -0.25) is 0 Å². The molecule has 0 N–H and O–H groups in total. The fourth-order valence-electron chi connectivity index (χ4n) is 2.44. The summed E-state index contributed by atoms with van der Waals surface area (Å²) in [5.74, 6) is 0.367. The molecule has 0 aliphatic carbocycles. The van der Waals surface area contributed by atoms with Gasteiger partial charge in [0.05, 0.1) is 10.4 Å². The molecular formula is C17H16ClNO2S. The standard InChI is InChI=1S/C17H16ClNO2S/c1-12(2)13-3-6-16(7-4-13)22(20,21)19-10-9-14-11-15(18)5-8-17(14)19/h3-12H,1-2H3. The van der Waals surface area contributed by atoms with Crippen molar-refractivity contribution in [2.45, 2.75) is 24.7 Å². The molecule has 0 atom stereocenters. The van der Waals surface area contributed by atoms with Gasteiger partial charge >= 0.3 is 0 Å². The molecule has 0 aliphatic rings. The van der Waals surface area contributed by atoms with Crippen molar-refractivity contribution in [1.29, 1.82) is 0 Å². The molecule has 1 heterocycles. The molecule has 0 spiro atoms. The van der Waals surface area contributed by atoms with Crippen LogP contribution >= 0.6 is 11.6 Å². The Morgan fingerprint density at radius 2 is 1.68 bits per heavy atom. The molecule has 3 aromatic rings. The van der Waals surface area contributed by atoms with Gasteiger partial charge in [0.2, 0.25) is 0 Å². The summed E-state index contributed by atoms with van der Waals surface area (Å²) >= 11 is 5.95. The first kappa shape index (κ1) is 15.1. The van der Waals surface area contributed by atoms with Crippen molar-refractivity contribution in [3.8, 4) is 0 Å². The van der Waals surface area contributed by atoms with Crippen LogP contribution in [-0.2, 0) is 10.0 Å². The van der Waals surface area contributed by atoms with Crippen LogP contribution in [0.2, 0.25) is 5.02 Å². The van der Waals surface area contributed by atoms with E-state index in [1.807, 2.05) is 12.1 Å². The Bertz CT molecular complexity index is 925. The monoisotopic (exact) mass is 333 g/mol. The molecular weight excluding hydrogens is 318 g/mol. The van der Waals surface area contributed by atoms with Gasteiger partial charge in [-0.15, -0.1) is 0 Å². The SMILES string of the molecule is CC(C)c1ccc(S(=O)(=O)n2ccc3cc(Cl)ccc32)cc1. The van der Waals surface area contributed by atoms with E-state index in [1.54, 1.807) is 42.6 Å². The van der Waals surface area contributed by atoms with Crippen molar-refractivity contribution in [1.82, 2.24) is 3.97 Å². The molecule has 1 aromatic heterocycles. The maximum absolute atomic E-state index is 12.8. The number of rotatable bonds is 3. The fraction of sp³-hybridized carbons (Fsp3) is 0.176. The summed E-state index contributed by atoms with van der Waals surface area (Å²) in [6, 6.07) is 14.0. The number of benzene rings is 2. The maximum atomic E-state index is 12.8. The van der Waals surface area contributed by atoms with Crippen LogP contribution in [-0.4, -0.2) is 12.4 Å². The molecule has 3 nitrogen and oxygen atoms in total. The highest BCUT2D eigenvalue weighted by Gasteiger charge is 2.19. The summed E-state index contributed by atoms with van der Waals surface area (Å²) in [6.45, 7) is 4.15. The van der Waals surface area contributed by atoms with Gasteiger partial charge in [0.1, 0.15) is 0 Å². The molecule has 0 aliphatic heterocycles. The van der Waals surface area contributed by atoms with Gasteiger partial charge in [0.25, 0.3) is 10.0 Å². The lowest BCUT2D eigenvalue weighted by molar-refractivity contribution is 0.589. The summed E-state index contributed by atoms with van der Waals surface area (Å²) in [6.07, 6.45) is 1.56.